The first-order valence-electron chi connectivity index (χ1n) is 10.2. The molecule has 0 saturated carbocycles. The molecule has 0 aliphatic rings. The van der Waals surface area contributed by atoms with Crippen molar-refractivity contribution >= 4 is 5.97 Å². The minimum atomic E-state index is -1.08. The summed E-state index contributed by atoms with van der Waals surface area (Å²) in [4.78, 5) is 10.9. The monoisotopic (exact) mass is 348 g/mol. The Balaban J connectivity index is 1.95. The third-order valence-electron chi connectivity index (χ3n) is 4.86. The number of carboxylic acid groups (broad SMARTS) is 1. The van der Waals surface area contributed by atoms with E-state index >= 15 is 0 Å². The highest BCUT2D eigenvalue weighted by molar-refractivity contribution is 5.90. The van der Waals surface area contributed by atoms with Crippen LogP contribution in [0.1, 0.15) is 106 Å². The number of rotatable bonds is 15. The molecule has 142 valence electrons. The maximum atomic E-state index is 10.9. The van der Waals surface area contributed by atoms with Crippen molar-refractivity contribution in [1.82, 2.24) is 0 Å². The molecule has 0 fully saturated rings. The molecule has 3 nitrogen and oxygen atoms in total. The third kappa shape index (κ3) is 10.2. The third-order valence-corrected chi connectivity index (χ3v) is 4.86. The molecule has 0 aliphatic carbocycles. The SMILES string of the molecule is CCCCCCCCCCCCCCCc1ccc(C(=O)O)c(O)c1. The average molecular weight is 349 g/mol. The Bertz CT molecular complexity index is 482. The molecule has 1 rings (SSSR count). The van der Waals surface area contributed by atoms with Gasteiger partial charge in [-0.05, 0) is 30.5 Å². The second-order valence-corrected chi connectivity index (χ2v) is 7.15. The van der Waals surface area contributed by atoms with E-state index in [4.69, 9.17) is 5.11 Å². The molecule has 1 aromatic rings. The summed E-state index contributed by atoms with van der Waals surface area (Å²) in [5, 5.41) is 18.6. The number of phenols is 1. The molecule has 0 spiro atoms. The van der Waals surface area contributed by atoms with E-state index in [0.29, 0.717) is 0 Å². The Morgan fingerprint density at radius 2 is 1.28 bits per heavy atom. The molecule has 0 saturated heterocycles. The van der Waals surface area contributed by atoms with Gasteiger partial charge >= 0.3 is 5.97 Å². The van der Waals surface area contributed by atoms with Crippen molar-refractivity contribution in [1.29, 1.82) is 0 Å². The summed E-state index contributed by atoms with van der Waals surface area (Å²) >= 11 is 0. The zero-order valence-electron chi connectivity index (χ0n) is 15.9. The smallest absolute Gasteiger partial charge is 0.339 e. The first-order chi connectivity index (χ1) is 12.1. The molecule has 0 radical (unpaired) electrons. The molecular formula is C22H36O3. The quantitative estimate of drug-likeness (QED) is 0.346. The number of aromatic carboxylic acids is 1. The van der Waals surface area contributed by atoms with Gasteiger partial charge in [0.2, 0.25) is 0 Å². The summed E-state index contributed by atoms with van der Waals surface area (Å²) in [5.41, 5.74) is 1.000. The summed E-state index contributed by atoms with van der Waals surface area (Å²) in [6.07, 6.45) is 18.3. The Labute approximate surface area is 153 Å². The van der Waals surface area contributed by atoms with Gasteiger partial charge in [0.1, 0.15) is 11.3 Å². The summed E-state index contributed by atoms with van der Waals surface area (Å²) < 4.78 is 0. The standard InChI is InChI=1S/C22H36O3/c1-2-3-4-5-6-7-8-9-10-11-12-13-14-15-19-16-17-20(22(24)25)21(23)18-19/h16-18,23H,2-15H2,1H3,(H,24,25). The van der Waals surface area contributed by atoms with Crippen molar-refractivity contribution in [3.8, 4) is 5.75 Å². The van der Waals surface area contributed by atoms with Crippen LogP contribution in [-0.2, 0) is 6.42 Å². The van der Waals surface area contributed by atoms with Gasteiger partial charge in [-0.3, -0.25) is 0 Å². The number of unbranched alkanes of at least 4 members (excludes halogenated alkanes) is 12. The minimum absolute atomic E-state index is 0.0193. The Hall–Kier alpha value is -1.51. The molecule has 0 atom stereocenters. The predicted octanol–water partition coefficient (Wildman–Crippen LogP) is 6.72. The molecule has 0 aromatic heterocycles. The summed E-state index contributed by atoms with van der Waals surface area (Å²) in [5.74, 6) is -1.20. The van der Waals surface area contributed by atoms with Gasteiger partial charge < -0.3 is 10.2 Å². The van der Waals surface area contributed by atoms with Gasteiger partial charge in [-0.25, -0.2) is 4.79 Å². The molecule has 0 aliphatic heterocycles. The number of carboxylic acids is 1. The first kappa shape index (κ1) is 21.5. The Morgan fingerprint density at radius 1 is 0.800 bits per heavy atom. The van der Waals surface area contributed by atoms with Gasteiger partial charge in [-0.15, -0.1) is 0 Å². The number of hydrogen-bond donors (Lipinski definition) is 2. The van der Waals surface area contributed by atoms with Crippen molar-refractivity contribution in [2.45, 2.75) is 96.8 Å². The largest absolute Gasteiger partial charge is 0.507 e. The number of aromatic hydroxyl groups is 1. The van der Waals surface area contributed by atoms with Crippen molar-refractivity contribution in [2.75, 3.05) is 0 Å². The summed E-state index contributed by atoms with van der Waals surface area (Å²) in [6, 6.07) is 4.89. The van der Waals surface area contributed by atoms with E-state index in [1.165, 1.54) is 83.1 Å². The van der Waals surface area contributed by atoms with Gasteiger partial charge in [-0.2, -0.15) is 0 Å². The number of carbonyl (C=O) groups is 1. The lowest BCUT2D eigenvalue weighted by molar-refractivity contribution is 0.0693. The molecule has 0 heterocycles. The van der Waals surface area contributed by atoms with Crippen molar-refractivity contribution in [3.05, 3.63) is 29.3 Å². The van der Waals surface area contributed by atoms with Crippen LogP contribution >= 0.6 is 0 Å². The fourth-order valence-electron chi connectivity index (χ4n) is 3.26. The second kappa shape index (κ2) is 13.7. The van der Waals surface area contributed by atoms with Crippen LogP contribution < -0.4 is 0 Å². The van der Waals surface area contributed by atoms with Crippen LogP contribution in [0.4, 0.5) is 0 Å². The second-order valence-electron chi connectivity index (χ2n) is 7.15. The van der Waals surface area contributed by atoms with Crippen LogP contribution in [0, 0.1) is 0 Å². The zero-order valence-corrected chi connectivity index (χ0v) is 15.9. The molecular weight excluding hydrogens is 312 g/mol. The van der Waals surface area contributed by atoms with Crippen LogP contribution in [-0.4, -0.2) is 16.2 Å². The molecule has 0 unspecified atom stereocenters. The molecule has 0 amide bonds. The highest BCUT2D eigenvalue weighted by Crippen LogP contribution is 2.20. The average Bonchev–Trinajstić information content (AvgIpc) is 2.58. The van der Waals surface area contributed by atoms with E-state index in [1.54, 1.807) is 6.07 Å². The van der Waals surface area contributed by atoms with Crippen LogP contribution in [0.25, 0.3) is 0 Å². The summed E-state index contributed by atoms with van der Waals surface area (Å²) in [7, 11) is 0. The fraction of sp³-hybridized carbons (Fsp3) is 0.682. The van der Waals surface area contributed by atoms with Crippen LogP contribution in [0.2, 0.25) is 0 Å². The topological polar surface area (TPSA) is 57.5 Å². The Kier molecular flexibility index (Phi) is 11.8. The maximum absolute atomic E-state index is 10.9. The predicted molar refractivity (Wildman–Crippen MR) is 104 cm³/mol. The van der Waals surface area contributed by atoms with Crippen LogP contribution in [0.5, 0.6) is 5.75 Å². The van der Waals surface area contributed by atoms with E-state index < -0.39 is 5.97 Å². The van der Waals surface area contributed by atoms with Gasteiger partial charge in [-0.1, -0.05) is 90.0 Å². The minimum Gasteiger partial charge on any atom is -0.507 e. The molecule has 0 bridgehead atoms. The molecule has 2 N–H and O–H groups in total. The number of hydrogen-bond acceptors (Lipinski definition) is 2. The van der Waals surface area contributed by atoms with Crippen LogP contribution in [0.15, 0.2) is 18.2 Å². The molecule has 3 heteroatoms. The van der Waals surface area contributed by atoms with E-state index in [2.05, 4.69) is 6.92 Å². The lowest BCUT2D eigenvalue weighted by atomic mass is 10.0. The fourth-order valence-corrected chi connectivity index (χ4v) is 3.26. The lowest BCUT2D eigenvalue weighted by Gasteiger charge is -2.05. The van der Waals surface area contributed by atoms with Crippen LogP contribution in [0.3, 0.4) is 0 Å². The lowest BCUT2D eigenvalue weighted by Crippen LogP contribution is -1.97. The van der Waals surface area contributed by atoms with E-state index in [1.807, 2.05) is 6.07 Å². The highest BCUT2D eigenvalue weighted by Gasteiger charge is 2.09. The van der Waals surface area contributed by atoms with Crippen molar-refractivity contribution < 1.29 is 15.0 Å². The zero-order chi connectivity index (χ0) is 18.3. The van der Waals surface area contributed by atoms with E-state index in [-0.39, 0.29) is 11.3 Å². The van der Waals surface area contributed by atoms with Gasteiger partial charge in [0, 0.05) is 0 Å². The van der Waals surface area contributed by atoms with Crippen molar-refractivity contribution in [2.24, 2.45) is 0 Å². The number of aryl methyl sites for hydroxylation is 1. The van der Waals surface area contributed by atoms with Gasteiger partial charge in [0.15, 0.2) is 0 Å². The number of benzene rings is 1. The first-order valence-corrected chi connectivity index (χ1v) is 10.2. The van der Waals surface area contributed by atoms with Crippen molar-refractivity contribution in [3.63, 3.8) is 0 Å². The maximum Gasteiger partial charge on any atom is 0.339 e. The molecule has 25 heavy (non-hydrogen) atoms. The van der Waals surface area contributed by atoms with E-state index in [0.717, 1.165) is 18.4 Å². The normalized spacial score (nSPS) is 10.9. The Morgan fingerprint density at radius 3 is 1.72 bits per heavy atom. The van der Waals surface area contributed by atoms with Gasteiger partial charge in [0.25, 0.3) is 0 Å². The van der Waals surface area contributed by atoms with E-state index in [9.17, 15) is 9.90 Å². The highest BCUT2D eigenvalue weighted by atomic mass is 16.4. The summed E-state index contributed by atoms with van der Waals surface area (Å²) in [6.45, 7) is 2.26. The molecule has 1 aromatic carbocycles. The van der Waals surface area contributed by atoms with Gasteiger partial charge in [0.05, 0.1) is 0 Å².